The van der Waals surface area contributed by atoms with Crippen molar-refractivity contribution in [3.05, 3.63) is 35.6 Å². The lowest BCUT2D eigenvalue weighted by atomic mass is 9.95. The molecular formula is C18H28FN. The van der Waals surface area contributed by atoms with E-state index in [2.05, 4.69) is 19.2 Å². The molecule has 1 saturated carbocycles. The molecule has 0 spiro atoms. The van der Waals surface area contributed by atoms with E-state index in [1.165, 1.54) is 44.9 Å². The van der Waals surface area contributed by atoms with Crippen LogP contribution >= 0.6 is 0 Å². The van der Waals surface area contributed by atoms with Crippen LogP contribution in [-0.4, -0.2) is 6.04 Å². The van der Waals surface area contributed by atoms with E-state index in [4.69, 9.17) is 0 Å². The van der Waals surface area contributed by atoms with E-state index in [-0.39, 0.29) is 11.9 Å². The summed E-state index contributed by atoms with van der Waals surface area (Å²) in [5, 5.41) is 3.64. The van der Waals surface area contributed by atoms with E-state index < -0.39 is 0 Å². The van der Waals surface area contributed by atoms with Gasteiger partial charge < -0.3 is 5.32 Å². The molecule has 0 heterocycles. The van der Waals surface area contributed by atoms with Crippen LogP contribution in [0.3, 0.4) is 0 Å². The quantitative estimate of drug-likeness (QED) is 0.727. The highest BCUT2D eigenvalue weighted by Crippen LogP contribution is 2.28. The number of halogens is 1. The van der Waals surface area contributed by atoms with Gasteiger partial charge in [0.25, 0.3) is 0 Å². The molecule has 1 fully saturated rings. The lowest BCUT2D eigenvalue weighted by Gasteiger charge is -2.23. The van der Waals surface area contributed by atoms with Crippen molar-refractivity contribution in [2.24, 2.45) is 5.92 Å². The molecular weight excluding hydrogens is 249 g/mol. The fourth-order valence-corrected chi connectivity index (χ4v) is 3.51. The number of rotatable bonds is 5. The van der Waals surface area contributed by atoms with Gasteiger partial charge in [0.05, 0.1) is 0 Å². The number of nitrogens with one attached hydrogen (secondary N) is 1. The molecule has 1 nitrogen and oxygen atoms in total. The second-order valence-electron chi connectivity index (χ2n) is 6.27. The highest BCUT2D eigenvalue weighted by molar-refractivity contribution is 5.20. The normalized spacial score (nSPS) is 25.1. The van der Waals surface area contributed by atoms with Crippen LogP contribution < -0.4 is 5.32 Å². The van der Waals surface area contributed by atoms with E-state index >= 15 is 0 Å². The first-order valence-corrected chi connectivity index (χ1v) is 8.21. The van der Waals surface area contributed by atoms with Crippen LogP contribution in [0, 0.1) is 11.7 Å². The summed E-state index contributed by atoms with van der Waals surface area (Å²) >= 11 is 0. The van der Waals surface area contributed by atoms with Crippen molar-refractivity contribution in [1.82, 2.24) is 5.32 Å². The molecule has 0 saturated heterocycles. The summed E-state index contributed by atoms with van der Waals surface area (Å²) in [6.45, 7) is 4.35. The van der Waals surface area contributed by atoms with Crippen molar-refractivity contribution in [3.8, 4) is 0 Å². The molecule has 112 valence electrons. The van der Waals surface area contributed by atoms with E-state index in [9.17, 15) is 4.39 Å². The second-order valence-corrected chi connectivity index (χ2v) is 6.27. The summed E-state index contributed by atoms with van der Waals surface area (Å²) in [6, 6.07) is 7.77. The Labute approximate surface area is 123 Å². The van der Waals surface area contributed by atoms with Gasteiger partial charge in [0.2, 0.25) is 0 Å². The highest BCUT2D eigenvalue weighted by Gasteiger charge is 2.20. The Morgan fingerprint density at radius 2 is 2.00 bits per heavy atom. The van der Waals surface area contributed by atoms with E-state index in [0.717, 1.165) is 11.5 Å². The van der Waals surface area contributed by atoms with Gasteiger partial charge in [-0.15, -0.1) is 0 Å². The number of benzene rings is 1. The average molecular weight is 277 g/mol. The van der Waals surface area contributed by atoms with E-state index in [1.54, 1.807) is 12.1 Å². The molecule has 0 bridgehead atoms. The van der Waals surface area contributed by atoms with Crippen LogP contribution in [0.2, 0.25) is 0 Å². The lowest BCUT2D eigenvalue weighted by Crippen LogP contribution is -2.31. The zero-order valence-electron chi connectivity index (χ0n) is 12.9. The van der Waals surface area contributed by atoms with Crippen molar-refractivity contribution >= 4 is 0 Å². The summed E-state index contributed by atoms with van der Waals surface area (Å²) in [5.41, 5.74) is 0.793. The van der Waals surface area contributed by atoms with Crippen molar-refractivity contribution in [2.45, 2.75) is 70.9 Å². The minimum absolute atomic E-state index is 0.0926. The molecule has 1 N–H and O–H groups in total. The van der Waals surface area contributed by atoms with E-state index in [0.29, 0.717) is 6.04 Å². The predicted octanol–water partition coefficient (Wildman–Crippen LogP) is 5.23. The molecule has 1 aliphatic carbocycles. The zero-order valence-corrected chi connectivity index (χ0v) is 12.9. The summed E-state index contributed by atoms with van der Waals surface area (Å²) in [6.07, 6.45) is 9.16. The monoisotopic (exact) mass is 277 g/mol. The summed E-state index contributed by atoms with van der Waals surface area (Å²) < 4.78 is 13.8. The first kappa shape index (κ1) is 15.5. The van der Waals surface area contributed by atoms with Crippen molar-refractivity contribution in [3.63, 3.8) is 0 Å². The van der Waals surface area contributed by atoms with E-state index in [1.807, 2.05) is 12.1 Å². The first-order chi connectivity index (χ1) is 9.70. The molecule has 1 aliphatic rings. The molecule has 3 atom stereocenters. The molecule has 1 aromatic rings. The molecule has 2 heteroatoms. The van der Waals surface area contributed by atoms with Gasteiger partial charge in [-0.2, -0.15) is 0 Å². The molecule has 0 amide bonds. The molecule has 1 aromatic carbocycles. The van der Waals surface area contributed by atoms with Gasteiger partial charge in [0.1, 0.15) is 5.82 Å². The highest BCUT2D eigenvalue weighted by atomic mass is 19.1. The maximum Gasteiger partial charge on any atom is 0.127 e. The predicted molar refractivity (Wildman–Crippen MR) is 83.2 cm³/mol. The Hall–Kier alpha value is -0.890. The Bertz CT molecular complexity index is 404. The Kier molecular flexibility index (Phi) is 6.03. The van der Waals surface area contributed by atoms with Crippen LogP contribution in [0.25, 0.3) is 0 Å². The Balaban J connectivity index is 1.88. The first-order valence-electron chi connectivity index (χ1n) is 8.21. The third-order valence-corrected chi connectivity index (χ3v) is 4.64. The maximum atomic E-state index is 13.8. The minimum atomic E-state index is -0.0926. The van der Waals surface area contributed by atoms with Gasteiger partial charge in [-0.25, -0.2) is 4.39 Å². The smallest absolute Gasteiger partial charge is 0.127 e. The fourth-order valence-electron chi connectivity index (χ4n) is 3.51. The van der Waals surface area contributed by atoms with Crippen molar-refractivity contribution in [1.29, 1.82) is 0 Å². The molecule has 20 heavy (non-hydrogen) atoms. The van der Waals surface area contributed by atoms with Gasteiger partial charge in [-0.05, 0) is 38.2 Å². The van der Waals surface area contributed by atoms with Gasteiger partial charge >= 0.3 is 0 Å². The second kappa shape index (κ2) is 7.78. The van der Waals surface area contributed by atoms with Crippen LogP contribution in [0.15, 0.2) is 24.3 Å². The average Bonchev–Trinajstić information content (AvgIpc) is 2.65. The summed E-state index contributed by atoms with van der Waals surface area (Å²) in [5.74, 6) is 0.820. The van der Waals surface area contributed by atoms with Crippen molar-refractivity contribution in [2.75, 3.05) is 0 Å². The zero-order chi connectivity index (χ0) is 14.4. The molecule has 0 radical (unpaired) electrons. The molecule has 0 aromatic heterocycles. The summed E-state index contributed by atoms with van der Waals surface area (Å²) in [4.78, 5) is 0. The lowest BCUT2D eigenvalue weighted by molar-refractivity contribution is 0.388. The largest absolute Gasteiger partial charge is 0.307 e. The van der Waals surface area contributed by atoms with Crippen LogP contribution in [-0.2, 0) is 0 Å². The van der Waals surface area contributed by atoms with Gasteiger partial charge in [0, 0.05) is 17.6 Å². The SMILES string of the molecule is CCCC1CCCC(N[C@H](C)c2ccccc2F)CC1. The topological polar surface area (TPSA) is 12.0 Å². The Morgan fingerprint density at radius 1 is 1.20 bits per heavy atom. The molecule has 0 aliphatic heterocycles. The number of hydrogen-bond donors (Lipinski definition) is 1. The van der Waals surface area contributed by atoms with Gasteiger partial charge in [0.15, 0.2) is 0 Å². The third-order valence-electron chi connectivity index (χ3n) is 4.64. The molecule has 2 unspecified atom stereocenters. The van der Waals surface area contributed by atoms with Crippen LogP contribution in [0.5, 0.6) is 0 Å². The number of hydrogen-bond acceptors (Lipinski definition) is 1. The standard InChI is InChI=1S/C18H28FN/c1-3-7-15-8-6-9-16(13-12-15)20-14(2)17-10-4-5-11-18(17)19/h4-5,10-11,14-16,20H,3,6-9,12-13H2,1-2H3/t14-,15?,16?/m1/s1. The molecule has 2 rings (SSSR count). The van der Waals surface area contributed by atoms with Gasteiger partial charge in [-0.1, -0.05) is 50.8 Å². The Morgan fingerprint density at radius 3 is 2.75 bits per heavy atom. The summed E-state index contributed by atoms with van der Waals surface area (Å²) in [7, 11) is 0. The third kappa shape index (κ3) is 4.31. The fraction of sp³-hybridized carbons (Fsp3) is 0.667. The minimum Gasteiger partial charge on any atom is -0.307 e. The van der Waals surface area contributed by atoms with Crippen LogP contribution in [0.1, 0.15) is 70.4 Å². The van der Waals surface area contributed by atoms with Gasteiger partial charge in [-0.3, -0.25) is 0 Å². The van der Waals surface area contributed by atoms with Crippen molar-refractivity contribution < 1.29 is 4.39 Å². The van der Waals surface area contributed by atoms with Crippen LogP contribution in [0.4, 0.5) is 4.39 Å². The maximum absolute atomic E-state index is 13.8.